The summed E-state index contributed by atoms with van der Waals surface area (Å²) < 4.78 is 0. The summed E-state index contributed by atoms with van der Waals surface area (Å²) in [6.45, 7) is 3.94. The van der Waals surface area contributed by atoms with Gasteiger partial charge in [0.25, 0.3) is 0 Å². The zero-order valence-electron chi connectivity index (χ0n) is 9.31. The Morgan fingerprint density at radius 3 is 2.71 bits per heavy atom. The Hall–Kier alpha value is -1.47. The molecule has 0 spiro atoms. The number of aromatic nitrogens is 4. The van der Waals surface area contributed by atoms with Gasteiger partial charge in [0, 0.05) is 11.6 Å². The number of halogens is 1. The van der Waals surface area contributed by atoms with Crippen LogP contribution >= 0.6 is 22.9 Å². The molecule has 8 heteroatoms. The Kier molecular flexibility index (Phi) is 3.12. The van der Waals surface area contributed by atoms with Crippen molar-refractivity contribution < 1.29 is 0 Å². The molecule has 3 N–H and O–H groups in total. The van der Waals surface area contributed by atoms with E-state index in [9.17, 15) is 0 Å². The largest absolute Gasteiger partial charge is 0.368 e. The van der Waals surface area contributed by atoms with Gasteiger partial charge < -0.3 is 11.1 Å². The summed E-state index contributed by atoms with van der Waals surface area (Å²) in [5, 5.41) is 6.02. The summed E-state index contributed by atoms with van der Waals surface area (Å²) in [6.07, 6.45) is 1.75. The van der Waals surface area contributed by atoms with Crippen LogP contribution < -0.4 is 11.1 Å². The van der Waals surface area contributed by atoms with Gasteiger partial charge in [-0.3, -0.25) is 0 Å². The highest BCUT2D eigenvalue weighted by atomic mass is 35.5. The average molecular weight is 271 g/mol. The highest BCUT2D eigenvalue weighted by Crippen LogP contribution is 2.25. The van der Waals surface area contributed by atoms with E-state index in [1.165, 1.54) is 0 Å². The second-order valence-electron chi connectivity index (χ2n) is 3.87. The van der Waals surface area contributed by atoms with Gasteiger partial charge >= 0.3 is 0 Å². The Labute approximate surface area is 107 Å². The second-order valence-corrected chi connectivity index (χ2v) is 5.11. The van der Waals surface area contributed by atoms with Gasteiger partial charge in [0.2, 0.25) is 17.2 Å². The van der Waals surface area contributed by atoms with E-state index < -0.39 is 5.54 Å². The Morgan fingerprint density at radius 2 is 2.12 bits per heavy atom. The number of hydrogen-bond donors (Lipinski definition) is 2. The zero-order valence-corrected chi connectivity index (χ0v) is 10.9. The number of hydrogen-bond acceptors (Lipinski definition) is 7. The topological polar surface area (TPSA) is 89.6 Å². The first-order chi connectivity index (χ1) is 7.97. The maximum Gasteiger partial charge on any atom is 0.229 e. The van der Waals surface area contributed by atoms with E-state index in [2.05, 4.69) is 25.3 Å². The molecule has 17 heavy (non-hydrogen) atoms. The number of nitrogens with zero attached hydrogens (tertiary/aromatic N) is 4. The SMILES string of the molecule is CC(C)(Nc1nc(N)nc(Cl)n1)c1nccs1. The minimum Gasteiger partial charge on any atom is -0.368 e. The van der Waals surface area contributed by atoms with Crippen LogP contribution in [0.5, 0.6) is 0 Å². The van der Waals surface area contributed by atoms with Gasteiger partial charge in [-0.1, -0.05) is 0 Å². The van der Waals surface area contributed by atoms with E-state index in [0.29, 0.717) is 5.95 Å². The molecule has 0 saturated carbocycles. The number of anilines is 2. The summed E-state index contributed by atoms with van der Waals surface area (Å²) in [5.74, 6) is 0.421. The smallest absolute Gasteiger partial charge is 0.229 e. The molecule has 90 valence electrons. The molecule has 0 aliphatic heterocycles. The molecule has 0 aliphatic rings. The molecule has 0 aromatic carbocycles. The van der Waals surface area contributed by atoms with E-state index in [1.54, 1.807) is 17.5 Å². The Balaban J connectivity index is 2.26. The van der Waals surface area contributed by atoms with Crippen LogP contribution in [0.1, 0.15) is 18.9 Å². The van der Waals surface area contributed by atoms with E-state index in [-0.39, 0.29) is 11.2 Å². The molecular weight excluding hydrogens is 260 g/mol. The van der Waals surface area contributed by atoms with Gasteiger partial charge in [0.05, 0.1) is 5.54 Å². The summed E-state index contributed by atoms with van der Waals surface area (Å²) in [4.78, 5) is 15.9. The molecule has 2 aromatic heterocycles. The van der Waals surface area contributed by atoms with Crippen LogP contribution in [0.25, 0.3) is 0 Å². The van der Waals surface area contributed by atoms with E-state index in [4.69, 9.17) is 17.3 Å². The molecule has 0 aliphatic carbocycles. The first-order valence-corrected chi connectivity index (χ1v) is 6.08. The Bertz CT molecular complexity index is 492. The van der Waals surface area contributed by atoms with Crippen LogP contribution in [0, 0.1) is 0 Å². The number of rotatable bonds is 3. The van der Waals surface area contributed by atoms with Crippen molar-refractivity contribution in [1.82, 2.24) is 19.9 Å². The third-order valence-corrected chi connectivity index (χ3v) is 3.28. The van der Waals surface area contributed by atoms with Crippen molar-refractivity contribution in [3.8, 4) is 0 Å². The molecule has 0 bridgehead atoms. The Morgan fingerprint density at radius 1 is 1.35 bits per heavy atom. The second kappa shape index (κ2) is 4.42. The number of nitrogen functional groups attached to an aromatic ring is 1. The first kappa shape index (κ1) is 12.0. The molecule has 0 amide bonds. The lowest BCUT2D eigenvalue weighted by molar-refractivity contribution is 0.596. The summed E-state index contributed by atoms with van der Waals surface area (Å²) in [6, 6.07) is 0. The number of nitrogens with one attached hydrogen (secondary N) is 1. The molecule has 0 unspecified atom stereocenters. The maximum atomic E-state index is 5.71. The predicted octanol–water partition coefficient (Wildman–Crippen LogP) is 1.91. The van der Waals surface area contributed by atoms with Crippen molar-refractivity contribution in [3.63, 3.8) is 0 Å². The quantitative estimate of drug-likeness (QED) is 0.885. The van der Waals surface area contributed by atoms with Crippen molar-refractivity contribution in [2.45, 2.75) is 19.4 Å². The van der Waals surface area contributed by atoms with Crippen LogP contribution in [0.4, 0.5) is 11.9 Å². The molecule has 2 aromatic rings. The van der Waals surface area contributed by atoms with Gasteiger partial charge in [-0.25, -0.2) is 4.98 Å². The summed E-state index contributed by atoms with van der Waals surface area (Å²) in [7, 11) is 0. The maximum absolute atomic E-state index is 5.71. The normalized spacial score (nSPS) is 11.5. The highest BCUT2D eigenvalue weighted by Gasteiger charge is 2.24. The molecule has 2 heterocycles. The molecule has 6 nitrogen and oxygen atoms in total. The van der Waals surface area contributed by atoms with Gasteiger partial charge in [0.15, 0.2) is 0 Å². The predicted molar refractivity (Wildman–Crippen MR) is 68.0 cm³/mol. The lowest BCUT2D eigenvalue weighted by Gasteiger charge is -2.23. The third-order valence-electron chi connectivity index (χ3n) is 2.02. The molecule has 0 atom stereocenters. The van der Waals surface area contributed by atoms with E-state index in [1.807, 2.05) is 19.2 Å². The molecule has 0 radical (unpaired) electrons. The molecule has 0 saturated heterocycles. The van der Waals surface area contributed by atoms with E-state index in [0.717, 1.165) is 5.01 Å². The molecular formula is C9H11ClN6S. The van der Waals surface area contributed by atoms with Crippen molar-refractivity contribution in [2.75, 3.05) is 11.1 Å². The minimum absolute atomic E-state index is 0.0648. The fraction of sp³-hybridized carbons (Fsp3) is 0.333. The van der Waals surface area contributed by atoms with Crippen LogP contribution in [-0.2, 0) is 5.54 Å². The van der Waals surface area contributed by atoms with Crippen LogP contribution in [0.2, 0.25) is 5.28 Å². The van der Waals surface area contributed by atoms with Crippen LogP contribution in [-0.4, -0.2) is 19.9 Å². The summed E-state index contributed by atoms with van der Waals surface area (Å²) in [5.41, 5.74) is 5.10. The van der Waals surface area contributed by atoms with Gasteiger partial charge in [-0.05, 0) is 25.4 Å². The van der Waals surface area contributed by atoms with Crippen molar-refractivity contribution in [3.05, 3.63) is 21.9 Å². The molecule has 0 fully saturated rings. The third kappa shape index (κ3) is 2.80. The average Bonchev–Trinajstić information content (AvgIpc) is 2.67. The van der Waals surface area contributed by atoms with Crippen molar-refractivity contribution >= 4 is 34.8 Å². The highest BCUT2D eigenvalue weighted by molar-refractivity contribution is 7.09. The molecule has 2 rings (SSSR count). The van der Waals surface area contributed by atoms with Crippen molar-refractivity contribution in [1.29, 1.82) is 0 Å². The zero-order chi connectivity index (χ0) is 12.5. The van der Waals surface area contributed by atoms with Crippen molar-refractivity contribution in [2.24, 2.45) is 0 Å². The lowest BCUT2D eigenvalue weighted by Crippen LogP contribution is -2.29. The standard InChI is InChI=1S/C9H11ClN6S/c1-9(2,5-12-3-4-17-5)16-8-14-6(10)13-7(11)15-8/h3-4H,1-2H3,(H3,11,13,14,15,16). The number of nitrogens with two attached hydrogens (primary N) is 1. The van der Waals surface area contributed by atoms with Crippen LogP contribution in [0.15, 0.2) is 11.6 Å². The monoisotopic (exact) mass is 270 g/mol. The van der Waals surface area contributed by atoms with Crippen LogP contribution in [0.3, 0.4) is 0 Å². The first-order valence-electron chi connectivity index (χ1n) is 4.82. The van der Waals surface area contributed by atoms with Gasteiger partial charge in [-0.2, -0.15) is 15.0 Å². The fourth-order valence-corrected chi connectivity index (χ4v) is 2.17. The van der Waals surface area contributed by atoms with Gasteiger partial charge in [0.1, 0.15) is 5.01 Å². The van der Waals surface area contributed by atoms with E-state index >= 15 is 0 Å². The lowest BCUT2D eigenvalue weighted by atomic mass is 10.1. The number of thiazole rings is 1. The minimum atomic E-state index is -0.398. The summed E-state index contributed by atoms with van der Waals surface area (Å²) >= 11 is 7.26. The van der Waals surface area contributed by atoms with Gasteiger partial charge in [-0.15, -0.1) is 11.3 Å². The fourth-order valence-electron chi connectivity index (χ4n) is 1.29.